The van der Waals surface area contributed by atoms with Gasteiger partial charge < -0.3 is 5.21 Å². The van der Waals surface area contributed by atoms with Crippen molar-refractivity contribution in [2.75, 3.05) is 0 Å². The smallest absolute Gasteiger partial charge is 0.129 e. The van der Waals surface area contributed by atoms with Gasteiger partial charge in [0.15, 0.2) is 0 Å². The number of halogens is 2. The van der Waals surface area contributed by atoms with Gasteiger partial charge in [0.2, 0.25) is 0 Å². The van der Waals surface area contributed by atoms with Crippen molar-refractivity contribution >= 4 is 15.9 Å². The Labute approximate surface area is 78.5 Å². The molecule has 0 saturated heterocycles. The van der Waals surface area contributed by atoms with Crippen molar-refractivity contribution in [2.45, 2.75) is 13.0 Å². The van der Waals surface area contributed by atoms with E-state index in [-0.39, 0.29) is 5.82 Å². The third kappa shape index (κ3) is 1.83. The largest absolute Gasteiger partial charge is 0.316 e. The molecule has 0 saturated carbocycles. The van der Waals surface area contributed by atoms with Crippen molar-refractivity contribution in [3.8, 4) is 0 Å². The summed E-state index contributed by atoms with van der Waals surface area (Å²) < 4.78 is 13.8. The van der Waals surface area contributed by atoms with E-state index in [2.05, 4.69) is 15.9 Å². The highest BCUT2D eigenvalue weighted by Crippen LogP contribution is 2.25. The molecule has 0 spiro atoms. The second kappa shape index (κ2) is 3.98. The molecular weight excluding hydrogens is 225 g/mol. The lowest BCUT2D eigenvalue weighted by Crippen LogP contribution is -2.15. The summed E-state index contributed by atoms with van der Waals surface area (Å²) >= 11 is 3.20. The molecule has 0 amide bonds. The van der Waals surface area contributed by atoms with Gasteiger partial charge in [-0.1, -0.05) is 22.0 Å². The summed E-state index contributed by atoms with van der Waals surface area (Å²) in [4.78, 5) is 0. The van der Waals surface area contributed by atoms with Gasteiger partial charge in [-0.2, -0.15) is 5.48 Å². The van der Waals surface area contributed by atoms with Crippen LogP contribution in [0.4, 0.5) is 4.39 Å². The van der Waals surface area contributed by atoms with Crippen molar-refractivity contribution in [2.24, 2.45) is 0 Å². The van der Waals surface area contributed by atoms with Gasteiger partial charge in [0, 0.05) is 10.0 Å². The zero-order valence-corrected chi connectivity index (χ0v) is 8.10. The Balaban J connectivity index is 3.12. The molecule has 2 nitrogen and oxygen atoms in total. The molecule has 0 bridgehead atoms. The third-order valence-electron chi connectivity index (χ3n) is 1.63. The molecule has 0 heterocycles. The predicted molar refractivity (Wildman–Crippen MR) is 47.4 cm³/mol. The molecule has 0 fully saturated rings. The van der Waals surface area contributed by atoms with Crippen molar-refractivity contribution in [3.63, 3.8) is 0 Å². The van der Waals surface area contributed by atoms with Gasteiger partial charge >= 0.3 is 0 Å². The van der Waals surface area contributed by atoms with Gasteiger partial charge in [-0.3, -0.25) is 0 Å². The summed E-state index contributed by atoms with van der Waals surface area (Å²) in [5, 5.41) is 8.60. The predicted octanol–water partition coefficient (Wildman–Crippen LogP) is 2.63. The molecule has 0 aliphatic carbocycles. The Morgan fingerprint density at radius 3 is 2.75 bits per heavy atom. The van der Waals surface area contributed by atoms with E-state index < -0.39 is 6.04 Å². The molecule has 66 valence electrons. The van der Waals surface area contributed by atoms with Crippen LogP contribution < -0.4 is 5.48 Å². The summed E-state index contributed by atoms with van der Waals surface area (Å²) in [6.45, 7) is 1.67. The van der Waals surface area contributed by atoms with E-state index in [0.717, 1.165) is 0 Å². The highest BCUT2D eigenvalue weighted by Gasteiger charge is 2.12. The number of hydrogen-bond acceptors (Lipinski definition) is 2. The molecular formula is C8H9BrFNO. The van der Waals surface area contributed by atoms with E-state index >= 15 is 0 Å². The maximum Gasteiger partial charge on any atom is 0.129 e. The first-order chi connectivity index (χ1) is 5.66. The topological polar surface area (TPSA) is 32.3 Å². The summed E-state index contributed by atoms with van der Waals surface area (Å²) in [6.07, 6.45) is 0. The van der Waals surface area contributed by atoms with Gasteiger partial charge in [0.05, 0.1) is 6.04 Å². The lowest BCUT2D eigenvalue weighted by atomic mass is 10.1. The van der Waals surface area contributed by atoms with Crippen molar-refractivity contribution < 1.29 is 9.60 Å². The Bertz CT molecular complexity index is 260. The first kappa shape index (κ1) is 9.64. The van der Waals surface area contributed by atoms with Crippen molar-refractivity contribution in [1.29, 1.82) is 0 Å². The molecule has 1 aromatic rings. The Hall–Kier alpha value is -0.450. The van der Waals surface area contributed by atoms with E-state index in [9.17, 15) is 4.39 Å². The van der Waals surface area contributed by atoms with Gasteiger partial charge in [0.1, 0.15) is 5.82 Å². The van der Waals surface area contributed by atoms with E-state index in [1.54, 1.807) is 19.1 Å². The van der Waals surface area contributed by atoms with Crippen LogP contribution in [0.3, 0.4) is 0 Å². The van der Waals surface area contributed by atoms with Gasteiger partial charge in [-0.15, -0.1) is 0 Å². The number of hydrogen-bond donors (Lipinski definition) is 2. The number of nitrogens with one attached hydrogen (secondary N) is 1. The standard InChI is InChI=1S/C8H9BrFNO/c1-5(11-12)8-6(9)3-2-4-7(8)10/h2-5,11-12H,1H3/t5-/m1/s1. The molecule has 0 radical (unpaired) electrons. The maximum absolute atomic E-state index is 13.1. The minimum Gasteiger partial charge on any atom is -0.316 e. The lowest BCUT2D eigenvalue weighted by molar-refractivity contribution is 0.131. The summed E-state index contributed by atoms with van der Waals surface area (Å²) in [7, 11) is 0. The first-order valence-electron chi connectivity index (χ1n) is 3.50. The minimum absolute atomic E-state index is 0.335. The van der Waals surface area contributed by atoms with Crippen LogP contribution in [0.15, 0.2) is 22.7 Å². The van der Waals surface area contributed by atoms with Crippen LogP contribution in [0, 0.1) is 5.82 Å². The van der Waals surface area contributed by atoms with E-state index in [4.69, 9.17) is 5.21 Å². The Kier molecular flexibility index (Phi) is 3.20. The summed E-state index contributed by atoms with van der Waals surface area (Å²) in [5.41, 5.74) is 2.42. The fourth-order valence-corrected chi connectivity index (χ4v) is 1.67. The fraction of sp³-hybridized carbons (Fsp3) is 0.250. The van der Waals surface area contributed by atoms with E-state index in [1.165, 1.54) is 6.07 Å². The monoisotopic (exact) mass is 233 g/mol. The van der Waals surface area contributed by atoms with Crippen LogP contribution in [0.2, 0.25) is 0 Å². The van der Waals surface area contributed by atoms with Gasteiger partial charge in [-0.05, 0) is 19.1 Å². The SMILES string of the molecule is C[C@@H](NO)c1c(F)cccc1Br. The normalized spacial score (nSPS) is 13.0. The molecule has 0 aliphatic rings. The quantitative estimate of drug-likeness (QED) is 0.771. The van der Waals surface area contributed by atoms with Crippen LogP contribution in [0.25, 0.3) is 0 Å². The average molecular weight is 234 g/mol. The van der Waals surface area contributed by atoms with Crippen molar-refractivity contribution in [3.05, 3.63) is 34.1 Å². The van der Waals surface area contributed by atoms with Crippen LogP contribution in [0.1, 0.15) is 18.5 Å². The Morgan fingerprint density at radius 2 is 2.25 bits per heavy atom. The van der Waals surface area contributed by atoms with Crippen LogP contribution >= 0.6 is 15.9 Å². The number of rotatable bonds is 2. The highest BCUT2D eigenvalue weighted by atomic mass is 79.9. The zero-order chi connectivity index (χ0) is 9.14. The number of hydroxylamine groups is 1. The number of benzene rings is 1. The Morgan fingerprint density at radius 1 is 1.58 bits per heavy atom. The van der Waals surface area contributed by atoms with E-state index in [0.29, 0.717) is 10.0 Å². The molecule has 12 heavy (non-hydrogen) atoms. The highest BCUT2D eigenvalue weighted by molar-refractivity contribution is 9.10. The molecule has 1 atom stereocenters. The summed E-state index contributed by atoms with van der Waals surface area (Å²) in [6, 6.07) is 4.27. The summed E-state index contributed by atoms with van der Waals surface area (Å²) in [5.74, 6) is -0.335. The first-order valence-corrected chi connectivity index (χ1v) is 4.29. The van der Waals surface area contributed by atoms with Crippen LogP contribution in [-0.4, -0.2) is 5.21 Å². The molecule has 0 aliphatic heterocycles. The third-order valence-corrected chi connectivity index (χ3v) is 2.32. The van der Waals surface area contributed by atoms with Gasteiger partial charge in [0.25, 0.3) is 0 Å². The lowest BCUT2D eigenvalue weighted by Gasteiger charge is -2.11. The fourth-order valence-electron chi connectivity index (χ4n) is 0.989. The molecule has 1 rings (SSSR count). The second-order valence-corrected chi connectivity index (χ2v) is 3.34. The van der Waals surface area contributed by atoms with Crippen molar-refractivity contribution in [1.82, 2.24) is 5.48 Å². The molecule has 0 unspecified atom stereocenters. The zero-order valence-electron chi connectivity index (χ0n) is 6.51. The molecule has 0 aromatic heterocycles. The van der Waals surface area contributed by atoms with Gasteiger partial charge in [-0.25, -0.2) is 4.39 Å². The molecule has 4 heteroatoms. The average Bonchev–Trinajstić information content (AvgIpc) is 2.03. The molecule has 1 aromatic carbocycles. The van der Waals surface area contributed by atoms with Crippen LogP contribution in [0.5, 0.6) is 0 Å². The minimum atomic E-state index is -0.416. The maximum atomic E-state index is 13.1. The van der Waals surface area contributed by atoms with Crippen LogP contribution in [-0.2, 0) is 0 Å². The van der Waals surface area contributed by atoms with E-state index in [1.807, 2.05) is 5.48 Å². The molecule has 2 N–H and O–H groups in total. The second-order valence-electron chi connectivity index (χ2n) is 2.49.